The van der Waals surface area contributed by atoms with Crippen LogP contribution in [0.5, 0.6) is 0 Å². The molecule has 35 heavy (non-hydrogen) atoms. The molecule has 0 aliphatic heterocycles. The fourth-order valence-electron chi connectivity index (χ4n) is 4.66. The Morgan fingerprint density at radius 1 is 0.971 bits per heavy atom. The highest BCUT2D eigenvalue weighted by molar-refractivity contribution is 9.10. The summed E-state index contributed by atoms with van der Waals surface area (Å²) in [7, 11) is 0. The van der Waals surface area contributed by atoms with Gasteiger partial charge in [0.2, 0.25) is 0 Å². The number of rotatable bonds is 7. The van der Waals surface area contributed by atoms with Crippen LogP contribution in [-0.4, -0.2) is 35.2 Å². The van der Waals surface area contributed by atoms with Gasteiger partial charge in [-0.2, -0.15) is 0 Å². The van der Waals surface area contributed by atoms with Crippen LogP contribution in [0.3, 0.4) is 0 Å². The van der Waals surface area contributed by atoms with Crippen molar-refractivity contribution in [1.29, 1.82) is 0 Å². The minimum Gasteiger partial charge on any atom is -0.481 e. The van der Waals surface area contributed by atoms with E-state index in [0.717, 1.165) is 22.3 Å². The number of anilines is 1. The van der Waals surface area contributed by atoms with Gasteiger partial charge in [0.1, 0.15) is 6.61 Å². The second kappa shape index (κ2) is 9.19. The number of ether oxygens (including phenoxy) is 1. The Labute approximate surface area is 210 Å². The molecule has 1 fully saturated rings. The first kappa shape index (κ1) is 23.1. The molecule has 0 spiro atoms. The van der Waals surface area contributed by atoms with E-state index in [1.807, 2.05) is 36.4 Å². The Balaban J connectivity index is 1.29. The van der Waals surface area contributed by atoms with Crippen LogP contribution in [-0.2, 0) is 9.53 Å². The number of hydrogen-bond acceptors (Lipinski definition) is 4. The van der Waals surface area contributed by atoms with Gasteiger partial charge in [-0.3, -0.25) is 14.9 Å². The van der Waals surface area contributed by atoms with Crippen LogP contribution in [0, 0.1) is 0 Å². The summed E-state index contributed by atoms with van der Waals surface area (Å²) >= 11 is 3.37. The standard InChI is InChI=1S/C27H23BrN2O5/c28-16-9-10-21(25(33)30-27(11-12-27)14-24(31)32)23(13-16)29-26(34)35-15-22-19-7-3-1-5-17(19)18-6-2-4-8-20(18)22/h1-10,13,22H,11-12,14-15H2,(H,29,34)(H,30,33)(H,31,32). The smallest absolute Gasteiger partial charge is 0.411 e. The van der Waals surface area contributed by atoms with Gasteiger partial charge in [0.15, 0.2) is 0 Å². The van der Waals surface area contributed by atoms with Gasteiger partial charge < -0.3 is 15.2 Å². The highest BCUT2D eigenvalue weighted by Gasteiger charge is 2.46. The lowest BCUT2D eigenvalue weighted by atomic mass is 9.98. The van der Waals surface area contributed by atoms with Crippen molar-refractivity contribution < 1.29 is 24.2 Å². The normalized spacial score (nSPS) is 15.0. The molecule has 178 valence electrons. The number of fused-ring (bicyclic) bond motifs is 3. The second-order valence-corrected chi connectivity index (χ2v) is 9.86. The van der Waals surface area contributed by atoms with E-state index in [4.69, 9.17) is 9.84 Å². The van der Waals surface area contributed by atoms with Crippen molar-refractivity contribution in [3.8, 4) is 11.1 Å². The maximum atomic E-state index is 12.9. The molecule has 2 aliphatic rings. The van der Waals surface area contributed by atoms with Crippen molar-refractivity contribution in [2.24, 2.45) is 0 Å². The lowest BCUT2D eigenvalue weighted by Gasteiger charge is -2.18. The molecule has 0 radical (unpaired) electrons. The second-order valence-electron chi connectivity index (χ2n) is 8.95. The first-order valence-corrected chi connectivity index (χ1v) is 12.1. The number of amides is 2. The fourth-order valence-corrected chi connectivity index (χ4v) is 5.02. The Hall–Kier alpha value is -3.65. The molecule has 3 aromatic rings. The number of nitrogens with one attached hydrogen (secondary N) is 2. The third-order valence-electron chi connectivity index (χ3n) is 6.53. The average molecular weight is 535 g/mol. The predicted octanol–water partition coefficient (Wildman–Crippen LogP) is 5.55. The van der Waals surface area contributed by atoms with Gasteiger partial charge in [-0.15, -0.1) is 0 Å². The average Bonchev–Trinajstić information content (AvgIpc) is 3.49. The molecular formula is C27H23BrN2O5. The molecule has 7 nitrogen and oxygen atoms in total. The highest BCUT2D eigenvalue weighted by Crippen LogP contribution is 2.44. The SMILES string of the molecule is O=C(O)CC1(NC(=O)c2ccc(Br)cc2NC(=O)OCC2c3ccccc3-c3ccccc32)CC1. The van der Waals surface area contributed by atoms with Crippen LogP contribution in [0.4, 0.5) is 10.5 Å². The molecule has 2 amide bonds. The Morgan fingerprint density at radius 3 is 2.20 bits per heavy atom. The van der Waals surface area contributed by atoms with E-state index >= 15 is 0 Å². The summed E-state index contributed by atoms with van der Waals surface area (Å²) in [5.74, 6) is -1.48. The molecule has 0 saturated heterocycles. The van der Waals surface area contributed by atoms with Crippen molar-refractivity contribution in [2.75, 3.05) is 11.9 Å². The van der Waals surface area contributed by atoms with Crippen LogP contribution >= 0.6 is 15.9 Å². The van der Waals surface area contributed by atoms with Crippen LogP contribution in [0.15, 0.2) is 71.2 Å². The monoisotopic (exact) mass is 534 g/mol. The molecule has 0 bridgehead atoms. The van der Waals surface area contributed by atoms with Crippen molar-refractivity contribution in [2.45, 2.75) is 30.7 Å². The molecule has 3 N–H and O–H groups in total. The van der Waals surface area contributed by atoms with Gasteiger partial charge in [-0.05, 0) is 53.3 Å². The van der Waals surface area contributed by atoms with Gasteiger partial charge in [-0.25, -0.2) is 4.79 Å². The van der Waals surface area contributed by atoms with E-state index in [1.54, 1.807) is 18.2 Å². The summed E-state index contributed by atoms with van der Waals surface area (Å²) < 4.78 is 6.28. The molecule has 2 aliphatic carbocycles. The molecule has 0 heterocycles. The van der Waals surface area contributed by atoms with Gasteiger partial charge >= 0.3 is 12.1 Å². The number of hydrogen-bond donors (Lipinski definition) is 3. The van der Waals surface area contributed by atoms with Gasteiger partial charge in [-0.1, -0.05) is 64.5 Å². The zero-order valence-corrected chi connectivity index (χ0v) is 20.3. The number of carboxylic acid groups (broad SMARTS) is 1. The maximum Gasteiger partial charge on any atom is 0.411 e. The highest BCUT2D eigenvalue weighted by atomic mass is 79.9. The number of carbonyl (C=O) groups excluding carboxylic acids is 2. The lowest BCUT2D eigenvalue weighted by molar-refractivity contribution is -0.137. The molecule has 0 aromatic heterocycles. The summed E-state index contributed by atoms with van der Waals surface area (Å²) in [4.78, 5) is 36.8. The van der Waals surface area contributed by atoms with E-state index < -0.39 is 23.5 Å². The number of carboxylic acids is 1. The largest absolute Gasteiger partial charge is 0.481 e. The van der Waals surface area contributed by atoms with Crippen LogP contribution < -0.4 is 10.6 Å². The molecular weight excluding hydrogens is 512 g/mol. The summed E-state index contributed by atoms with van der Waals surface area (Å²) in [6, 6.07) is 21.0. The number of benzene rings is 3. The van der Waals surface area contributed by atoms with E-state index in [1.165, 1.54) is 0 Å². The van der Waals surface area contributed by atoms with E-state index in [2.05, 4.69) is 38.7 Å². The first-order valence-electron chi connectivity index (χ1n) is 11.3. The zero-order chi connectivity index (χ0) is 24.6. The third-order valence-corrected chi connectivity index (χ3v) is 7.02. The molecule has 1 saturated carbocycles. The zero-order valence-electron chi connectivity index (χ0n) is 18.7. The molecule has 0 atom stereocenters. The minimum absolute atomic E-state index is 0.0795. The molecule has 5 rings (SSSR count). The maximum absolute atomic E-state index is 12.9. The molecule has 3 aromatic carbocycles. The molecule has 8 heteroatoms. The summed E-state index contributed by atoms with van der Waals surface area (Å²) in [6.45, 7) is 0.150. The van der Waals surface area contributed by atoms with Gasteiger partial charge in [0.05, 0.1) is 23.2 Å². The minimum atomic E-state index is -0.962. The number of carbonyl (C=O) groups is 3. The topological polar surface area (TPSA) is 105 Å². The van der Waals surface area contributed by atoms with Crippen molar-refractivity contribution >= 4 is 39.6 Å². The third kappa shape index (κ3) is 4.79. The Kier molecular flexibility index (Phi) is 6.06. The Morgan fingerprint density at radius 2 is 1.60 bits per heavy atom. The van der Waals surface area contributed by atoms with E-state index in [-0.39, 0.29) is 30.2 Å². The van der Waals surface area contributed by atoms with Crippen molar-refractivity contribution in [3.05, 3.63) is 87.9 Å². The van der Waals surface area contributed by atoms with E-state index in [9.17, 15) is 14.4 Å². The summed E-state index contributed by atoms with van der Waals surface area (Å²) in [5, 5.41) is 14.6. The number of halogens is 1. The quantitative estimate of drug-likeness (QED) is 0.368. The summed E-state index contributed by atoms with van der Waals surface area (Å²) in [5.41, 5.74) is 4.28. The number of aliphatic carboxylic acids is 1. The van der Waals surface area contributed by atoms with Crippen molar-refractivity contribution in [1.82, 2.24) is 5.32 Å². The van der Waals surface area contributed by atoms with E-state index in [0.29, 0.717) is 17.3 Å². The fraction of sp³-hybridized carbons (Fsp3) is 0.222. The van der Waals surface area contributed by atoms with Crippen LogP contribution in [0.2, 0.25) is 0 Å². The summed E-state index contributed by atoms with van der Waals surface area (Å²) in [6.07, 6.45) is 0.406. The van der Waals surface area contributed by atoms with Gasteiger partial charge in [0, 0.05) is 10.4 Å². The van der Waals surface area contributed by atoms with Crippen molar-refractivity contribution in [3.63, 3.8) is 0 Å². The lowest BCUT2D eigenvalue weighted by Crippen LogP contribution is -2.39. The van der Waals surface area contributed by atoms with Crippen LogP contribution in [0.1, 0.15) is 46.7 Å². The van der Waals surface area contributed by atoms with Crippen LogP contribution in [0.25, 0.3) is 11.1 Å². The predicted molar refractivity (Wildman–Crippen MR) is 135 cm³/mol. The van der Waals surface area contributed by atoms with Gasteiger partial charge in [0.25, 0.3) is 5.91 Å². The first-order chi connectivity index (χ1) is 16.8. The Bertz CT molecular complexity index is 1290. The molecule has 0 unspecified atom stereocenters.